The zero-order valence-electron chi connectivity index (χ0n) is 7.26. The van der Waals surface area contributed by atoms with Crippen LogP contribution in [0.1, 0.15) is 11.3 Å². The molecule has 0 radical (unpaired) electrons. The topological polar surface area (TPSA) is 83.8 Å². The molecule has 0 amide bonds. The molecule has 70 valence electrons. The quantitative estimate of drug-likeness (QED) is 0.480. The van der Waals surface area contributed by atoms with Crippen LogP contribution in [0.15, 0.2) is 4.79 Å². The number of nitrogens with one attached hydrogen (secondary N) is 2. The fourth-order valence-electron chi connectivity index (χ4n) is 1.57. The van der Waals surface area contributed by atoms with Crippen LogP contribution in [0, 0.1) is 0 Å². The number of fused-ring (bicyclic) bond motifs is 1. The third-order valence-electron chi connectivity index (χ3n) is 2.21. The number of H-pyrrole nitrogens is 1. The van der Waals surface area contributed by atoms with E-state index in [-0.39, 0.29) is 11.5 Å². The lowest BCUT2D eigenvalue weighted by atomic mass is 10.1. The Morgan fingerprint density at radius 3 is 2.92 bits per heavy atom. The average molecular weight is 180 g/mol. The van der Waals surface area contributed by atoms with Gasteiger partial charge >= 0.3 is 0 Å². The minimum atomic E-state index is -0.0915. The van der Waals surface area contributed by atoms with Crippen molar-refractivity contribution in [1.82, 2.24) is 15.3 Å². The van der Waals surface area contributed by atoms with Gasteiger partial charge in [-0.1, -0.05) is 0 Å². The van der Waals surface area contributed by atoms with Crippen molar-refractivity contribution in [3.63, 3.8) is 0 Å². The first kappa shape index (κ1) is 8.25. The van der Waals surface area contributed by atoms with Gasteiger partial charge in [0.15, 0.2) is 0 Å². The minimum absolute atomic E-state index is 0.0915. The number of aromatic nitrogens is 2. The summed E-state index contributed by atoms with van der Waals surface area (Å²) in [7, 11) is 0. The zero-order valence-corrected chi connectivity index (χ0v) is 7.26. The van der Waals surface area contributed by atoms with Crippen molar-refractivity contribution in [1.29, 1.82) is 0 Å². The van der Waals surface area contributed by atoms with Crippen molar-refractivity contribution in [3.05, 3.63) is 21.6 Å². The van der Waals surface area contributed by atoms with Gasteiger partial charge in [0.1, 0.15) is 0 Å². The van der Waals surface area contributed by atoms with Crippen LogP contribution in [-0.2, 0) is 12.8 Å². The van der Waals surface area contributed by atoms with E-state index in [0.29, 0.717) is 0 Å². The van der Waals surface area contributed by atoms with E-state index in [4.69, 9.17) is 5.73 Å². The van der Waals surface area contributed by atoms with Gasteiger partial charge < -0.3 is 11.1 Å². The van der Waals surface area contributed by atoms with Gasteiger partial charge in [-0.05, 0) is 13.0 Å². The van der Waals surface area contributed by atoms with Crippen molar-refractivity contribution in [2.45, 2.75) is 12.8 Å². The van der Waals surface area contributed by atoms with Crippen LogP contribution < -0.4 is 16.6 Å². The van der Waals surface area contributed by atoms with Gasteiger partial charge in [-0.25, -0.2) is 4.98 Å². The Hall–Kier alpha value is -1.36. The molecular weight excluding hydrogens is 168 g/mol. The molecule has 0 bridgehead atoms. The van der Waals surface area contributed by atoms with Crippen LogP contribution in [0.2, 0.25) is 0 Å². The number of aromatic amines is 1. The molecule has 5 nitrogen and oxygen atoms in total. The lowest BCUT2D eigenvalue weighted by molar-refractivity contribution is 0.708. The standard InChI is InChI=1S/C8H12N4O/c9-8-11-6-2-4-10-3-1-5(6)7(13)12-8/h10H,1-4H2,(H3,9,11,12,13). The molecule has 2 heterocycles. The molecule has 5 heteroatoms. The maximum atomic E-state index is 11.4. The molecule has 0 atom stereocenters. The molecule has 13 heavy (non-hydrogen) atoms. The lowest BCUT2D eigenvalue weighted by Crippen LogP contribution is -2.20. The molecule has 1 aliphatic heterocycles. The van der Waals surface area contributed by atoms with Crippen LogP contribution in [-0.4, -0.2) is 23.1 Å². The second-order valence-electron chi connectivity index (χ2n) is 3.13. The van der Waals surface area contributed by atoms with Crippen molar-refractivity contribution in [2.75, 3.05) is 18.8 Å². The molecule has 0 aromatic carbocycles. The van der Waals surface area contributed by atoms with E-state index in [1.165, 1.54) is 0 Å². The molecule has 1 aliphatic rings. The normalized spacial score (nSPS) is 16.3. The van der Waals surface area contributed by atoms with Gasteiger partial charge in [0.2, 0.25) is 5.95 Å². The number of rotatable bonds is 0. The number of anilines is 1. The zero-order chi connectivity index (χ0) is 9.26. The van der Waals surface area contributed by atoms with Crippen LogP contribution in [0.3, 0.4) is 0 Å². The molecule has 0 saturated heterocycles. The second kappa shape index (κ2) is 3.18. The molecule has 0 fully saturated rings. The summed E-state index contributed by atoms with van der Waals surface area (Å²) in [6, 6.07) is 0. The summed E-state index contributed by atoms with van der Waals surface area (Å²) in [6.07, 6.45) is 1.52. The molecule has 0 saturated carbocycles. The third kappa shape index (κ3) is 1.55. The van der Waals surface area contributed by atoms with Gasteiger partial charge in [-0.2, -0.15) is 0 Å². The molecule has 0 unspecified atom stereocenters. The summed E-state index contributed by atoms with van der Waals surface area (Å²) >= 11 is 0. The van der Waals surface area contributed by atoms with Crippen LogP contribution in [0.5, 0.6) is 0 Å². The summed E-state index contributed by atoms with van der Waals surface area (Å²) in [5.41, 5.74) is 6.97. The molecule has 4 N–H and O–H groups in total. The lowest BCUT2D eigenvalue weighted by Gasteiger charge is -2.02. The molecular formula is C8H12N4O. The molecule has 0 aliphatic carbocycles. The summed E-state index contributed by atoms with van der Waals surface area (Å²) in [5.74, 6) is 0.214. The molecule has 1 aromatic rings. The Bertz CT molecular complexity index is 371. The highest BCUT2D eigenvalue weighted by Gasteiger charge is 2.12. The number of nitrogens with two attached hydrogens (primary N) is 1. The van der Waals surface area contributed by atoms with E-state index in [1.807, 2.05) is 0 Å². The summed E-state index contributed by atoms with van der Waals surface area (Å²) in [5, 5.41) is 3.21. The smallest absolute Gasteiger partial charge is 0.255 e. The van der Waals surface area contributed by atoms with Gasteiger partial charge in [0, 0.05) is 18.5 Å². The first-order valence-electron chi connectivity index (χ1n) is 4.35. The van der Waals surface area contributed by atoms with Gasteiger partial charge in [0.05, 0.1) is 5.69 Å². The average Bonchev–Trinajstić information content (AvgIpc) is 2.28. The summed E-state index contributed by atoms with van der Waals surface area (Å²) in [4.78, 5) is 18.1. The largest absolute Gasteiger partial charge is 0.369 e. The van der Waals surface area contributed by atoms with E-state index in [2.05, 4.69) is 15.3 Å². The van der Waals surface area contributed by atoms with Crippen molar-refractivity contribution in [2.24, 2.45) is 0 Å². The first-order valence-corrected chi connectivity index (χ1v) is 4.35. The van der Waals surface area contributed by atoms with E-state index in [0.717, 1.165) is 37.2 Å². The highest BCUT2D eigenvalue weighted by molar-refractivity contribution is 5.26. The summed E-state index contributed by atoms with van der Waals surface area (Å²) < 4.78 is 0. The first-order chi connectivity index (χ1) is 6.27. The SMILES string of the molecule is Nc1nc2c(c(=O)[nH]1)CCNCC2. The third-order valence-corrected chi connectivity index (χ3v) is 2.21. The maximum absolute atomic E-state index is 11.4. The number of hydrogen-bond donors (Lipinski definition) is 3. The monoisotopic (exact) mass is 180 g/mol. The van der Waals surface area contributed by atoms with Crippen molar-refractivity contribution in [3.8, 4) is 0 Å². The summed E-state index contributed by atoms with van der Waals surface area (Å²) in [6.45, 7) is 1.70. The fraction of sp³-hybridized carbons (Fsp3) is 0.500. The fourth-order valence-corrected chi connectivity index (χ4v) is 1.57. The minimum Gasteiger partial charge on any atom is -0.369 e. The van der Waals surface area contributed by atoms with E-state index < -0.39 is 0 Å². The Labute approximate surface area is 75.4 Å². The van der Waals surface area contributed by atoms with Crippen LogP contribution in [0.4, 0.5) is 5.95 Å². The molecule has 0 spiro atoms. The predicted molar refractivity (Wildman–Crippen MR) is 49.5 cm³/mol. The molecule has 1 aromatic heterocycles. The Morgan fingerprint density at radius 2 is 2.08 bits per heavy atom. The number of hydrogen-bond acceptors (Lipinski definition) is 4. The van der Waals surface area contributed by atoms with E-state index >= 15 is 0 Å². The second-order valence-corrected chi connectivity index (χ2v) is 3.13. The Balaban J connectivity index is 2.53. The van der Waals surface area contributed by atoms with E-state index in [1.54, 1.807) is 0 Å². The van der Waals surface area contributed by atoms with E-state index in [9.17, 15) is 4.79 Å². The highest BCUT2D eigenvalue weighted by atomic mass is 16.1. The van der Waals surface area contributed by atoms with Crippen LogP contribution >= 0.6 is 0 Å². The van der Waals surface area contributed by atoms with Crippen LogP contribution in [0.25, 0.3) is 0 Å². The number of nitrogen functional groups attached to an aromatic ring is 1. The van der Waals surface area contributed by atoms with Gasteiger partial charge in [-0.15, -0.1) is 0 Å². The Kier molecular flexibility index (Phi) is 2.02. The maximum Gasteiger partial charge on any atom is 0.255 e. The van der Waals surface area contributed by atoms with Gasteiger partial charge in [-0.3, -0.25) is 9.78 Å². The number of nitrogens with zero attached hydrogens (tertiary/aromatic N) is 1. The van der Waals surface area contributed by atoms with Gasteiger partial charge in [0.25, 0.3) is 5.56 Å². The molecule has 2 rings (SSSR count). The predicted octanol–water partition coefficient (Wildman–Crippen LogP) is -0.960. The van der Waals surface area contributed by atoms with Crippen molar-refractivity contribution >= 4 is 5.95 Å². The highest BCUT2D eigenvalue weighted by Crippen LogP contribution is 2.05. The van der Waals surface area contributed by atoms with Crippen molar-refractivity contribution < 1.29 is 0 Å². The Morgan fingerprint density at radius 1 is 1.31 bits per heavy atom.